The van der Waals surface area contributed by atoms with Gasteiger partial charge < -0.3 is 5.32 Å². The molecule has 4 nitrogen and oxygen atoms in total. The number of aromatic nitrogens is 3. The summed E-state index contributed by atoms with van der Waals surface area (Å²) in [5.41, 5.74) is 2.08. The zero-order chi connectivity index (χ0) is 13.1. The average Bonchev–Trinajstić information content (AvgIpc) is 3.08. The van der Waals surface area contributed by atoms with Crippen LogP contribution in [-0.4, -0.2) is 21.5 Å². The second kappa shape index (κ2) is 5.46. The molecule has 0 saturated heterocycles. The number of nitrogens with zero attached hydrogens (tertiary/aromatic N) is 3. The molecular formula is C13H12N4S2. The second-order valence-electron chi connectivity index (χ2n) is 3.83. The van der Waals surface area contributed by atoms with E-state index in [1.54, 1.807) is 35.1 Å². The Morgan fingerprint density at radius 1 is 1.26 bits per heavy atom. The van der Waals surface area contributed by atoms with Crippen molar-refractivity contribution in [3.63, 3.8) is 0 Å². The molecule has 0 aliphatic heterocycles. The second-order valence-corrected chi connectivity index (χ2v) is 5.72. The van der Waals surface area contributed by atoms with Crippen LogP contribution < -0.4 is 5.32 Å². The first-order chi connectivity index (χ1) is 9.36. The van der Waals surface area contributed by atoms with Gasteiger partial charge in [0.05, 0.1) is 10.6 Å². The van der Waals surface area contributed by atoms with Crippen LogP contribution in [0, 0.1) is 0 Å². The van der Waals surface area contributed by atoms with Gasteiger partial charge in [-0.25, -0.2) is 9.97 Å². The van der Waals surface area contributed by atoms with Crippen molar-refractivity contribution in [3.05, 3.63) is 36.1 Å². The SMILES string of the molecule is CCNc1nc(-c2cnc(-c3ccncc3)s2)cs1. The molecule has 0 aliphatic carbocycles. The first-order valence-corrected chi connectivity index (χ1v) is 7.62. The molecule has 0 amide bonds. The van der Waals surface area contributed by atoms with E-state index in [-0.39, 0.29) is 0 Å². The summed E-state index contributed by atoms with van der Waals surface area (Å²) in [6.45, 7) is 2.95. The minimum Gasteiger partial charge on any atom is -0.362 e. The van der Waals surface area contributed by atoms with Crippen molar-refractivity contribution in [2.75, 3.05) is 11.9 Å². The Kier molecular flexibility index (Phi) is 3.52. The Morgan fingerprint density at radius 2 is 2.11 bits per heavy atom. The summed E-state index contributed by atoms with van der Waals surface area (Å²) >= 11 is 3.27. The molecule has 3 rings (SSSR count). The van der Waals surface area contributed by atoms with Crippen LogP contribution in [0.15, 0.2) is 36.1 Å². The van der Waals surface area contributed by atoms with Gasteiger partial charge in [-0.05, 0) is 19.1 Å². The lowest BCUT2D eigenvalue weighted by atomic mass is 10.3. The van der Waals surface area contributed by atoms with Crippen LogP contribution in [0.5, 0.6) is 0 Å². The van der Waals surface area contributed by atoms with Crippen molar-refractivity contribution in [3.8, 4) is 21.1 Å². The van der Waals surface area contributed by atoms with E-state index in [4.69, 9.17) is 0 Å². The van der Waals surface area contributed by atoms with Crippen LogP contribution in [0.4, 0.5) is 5.13 Å². The zero-order valence-corrected chi connectivity index (χ0v) is 12.0. The van der Waals surface area contributed by atoms with E-state index in [1.807, 2.05) is 18.3 Å². The maximum Gasteiger partial charge on any atom is 0.183 e. The largest absolute Gasteiger partial charge is 0.362 e. The minimum atomic E-state index is 0.887. The number of hydrogen-bond donors (Lipinski definition) is 1. The molecule has 3 heterocycles. The van der Waals surface area contributed by atoms with Crippen molar-refractivity contribution >= 4 is 27.8 Å². The van der Waals surface area contributed by atoms with E-state index in [0.717, 1.165) is 32.8 Å². The predicted octanol–water partition coefficient (Wildman–Crippen LogP) is 3.76. The van der Waals surface area contributed by atoms with Gasteiger partial charge in [0.25, 0.3) is 0 Å². The summed E-state index contributed by atoms with van der Waals surface area (Å²) in [5, 5.41) is 7.23. The van der Waals surface area contributed by atoms with Crippen molar-refractivity contribution in [2.24, 2.45) is 0 Å². The van der Waals surface area contributed by atoms with Crippen molar-refractivity contribution in [1.82, 2.24) is 15.0 Å². The van der Waals surface area contributed by atoms with Crippen LogP contribution in [0.1, 0.15) is 6.92 Å². The van der Waals surface area contributed by atoms with E-state index in [9.17, 15) is 0 Å². The number of thiazole rings is 2. The lowest BCUT2D eigenvalue weighted by molar-refractivity contribution is 1.19. The lowest BCUT2D eigenvalue weighted by Crippen LogP contribution is -1.94. The quantitative estimate of drug-likeness (QED) is 0.794. The van der Waals surface area contributed by atoms with Crippen molar-refractivity contribution in [1.29, 1.82) is 0 Å². The van der Waals surface area contributed by atoms with Crippen LogP contribution in [0.2, 0.25) is 0 Å². The smallest absolute Gasteiger partial charge is 0.183 e. The third-order valence-electron chi connectivity index (χ3n) is 2.52. The van der Waals surface area contributed by atoms with Gasteiger partial charge in [-0.15, -0.1) is 22.7 Å². The van der Waals surface area contributed by atoms with Crippen LogP contribution in [0.25, 0.3) is 21.1 Å². The van der Waals surface area contributed by atoms with Crippen LogP contribution in [0.3, 0.4) is 0 Å². The highest BCUT2D eigenvalue weighted by Crippen LogP contribution is 2.33. The summed E-state index contributed by atoms with van der Waals surface area (Å²) in [4.78, 5) is 14.1. The molecule has 3 aromatic rings. The Balaban J connectivity index is 1.88. The summed E-state index contributed by atoms with van der Waals surface area (Å²) in [7, 11) is 0. The van der Waals surface area contributed by atoms with Gasteiger partial charge in [-0.1, -0.05) is 0 Å². The molecule has 0 radical (unpaired) electrons. The number of anilines is 1. The highest BCUT2D eigenvalue weighted by Gasteiger charge is 2.09. The van der Waals surface area contributed by atoms with Crippen LogP contribution in [-0.2, 0) is 0 Å². The minimum absolute atomic E-state index is 0.887. The Bertz CT molecular complexity index is 660. The van der Waals surface area contributed by atoms with E-state index < -0.39 is 0 Å². The summed E-state index contributed by atoms with van der Waals surface area (Å²) in [6.07, 6.45) is 5.44. The van der Waals surface area contributed by atoms with Crippen molar-refractivity contribution in [2.45, 2.75) is 6.92 Å². The van der Waals surface area contributed by atoms with Gasteiger partial charge in [0, 0.05) is 36.1 Å². The van der Waals surface area contributed by atoms with Gasteiger partial charge in [0.1, 0.15) is 5.01 Å². The fourth-order valence-corrected chi connectivity index (χ4v) is 3.38. The van der Waals surface area contributed by atoms with E-state index >= 15 is 0 Å². The number of hydrogen-bond acceptors (Lipinski definition) is 6. The molecule has 3 aromatic heterocycles. The van der Waals surface area contributed by atoms with Gasteiger partial charge in [-0.3, -0.25) is 4.98 Å². The first-order valence-electron chi connectivity index (χ1n) is 5.93. The van der Waals surface area contributed by atoms with E-state index in [1.165, 1.54) is 0 Å². The number of pyridine rings is 1. The van der Waals surface area contributed by atoms with Crippen molar-refractivity contribution < 1.29 is 0 Å². The molecule has 1 N–H and O–H groups in total. The molecule has 0 atom stereocenters. The molecular weight excluding hydrogens is 276 g/mol. The molecule has 0 bridgehead atoms. The third-order valence-corrected chi connectivity index (χ3v) is 4.39. The monoisotopic (exact) mass is 288 g/mol. The number of nitrogens with one attached hydrogen (secondary N) is 1. The number of rotatable bonds is 4. The average molecular weight is 288 g/mol. The molecule has 0 spiro atoms. The molecule has 6 heteroatoms. The first kappa shape index (κ1) is 12.3. The Morgan fingerprint density at radius 3 is 2.89 bits per heavy atom. The summed E-state index contributed by atoms with van der Waals surface area (Å²) in [6, 6.07) is 3.93. The van der Waals surface area contributed by atoms with E-state index in [2.05, 4.69) is 32.6 Å². The van der Waals surface area contributed by atoms with Gasteiger partial charge in [0.2, 0.25) is 0 Å². The lowest BCUT2D eigenvalue weighted by Gasteiger charge is -1.94. The molecule has 0 fully saturated rings. The van der Waals surface area contributed by atoms with Gasteiger partial charge in [-0.2, -0.15) is 0 Å². The molecule has 0 aromatic carbocycles. The fraction of sp³-hybridized carbons (Fsp3) is 0.154. The fourth-order valence-electron chi connectivity index (χ4n) is 1.64. The maximum absolute atomic E-state index is 4.54. The topological polar surface area (TPSA) is 50.7 Å². The Labute approximate surface area is 119 Å². The van der Waals surface area contributed by atoms with Gasteiger partial charge in [0.15, 0.2) is 5.13 Å². The zero-order valence-electron chi connectivity index (χ0n) is 10.3. The summed E-state index contributed by atoms with van der Waals surface area (Å²) < 4.78 is 0. The molecule has 19 heavy (non-hydrogen) atoms. The van der Waals surface area contributed by atoms with E-state index in [0.29, 0.717) is 0 Å². The Hall–Kier alpha value is -1.79. The third kappa shape index (κ3) is 2.64. The van der Waals surface area contributed by atoms with Gasteiger partial charge >= 0.3 is 0 Å². The molecule has 0 unspecified atom stereocenters. The highest BCUT2D eigenvalue weighted by atomic mass is 32.1. The molecule has 0 saturated carbocycles. The van der Waals surface area contributed by atoms with Crippen LogP contribution >= 0.6 is 22.7 Å². The standard InChI is InChI=1S/C13H12N4S2/c1-2-15-13-17-10(8-18-13)11-7-16-12(19-11)9-3-5-14-6-4-9/h3-8H,2H2,1H3,(H,15,17). The summed E-state index contributed by atoms with van der Waals surface area (Å²) in [5.74, 6) is 0. The predicted molar refractivity (Wildman–Crippen MR) is 80.6 cm³/mol. The normalized spacial score (nSPS) is 10.6. The molecule has 96 valence electrons. The maximum atomic E-state index is 4.54. The molecule has 0 aliphatic rings. The highest BCUT2D eigenvalue weighted by molar-refractivity contribution is 7.19.